The topological polar surface area (TPSA) is 35.6 Å². The molecule has 0 aliphatic carbocycles. The monoisotopic (exact) mass is 339 g/mol. The third-order valence-corrected chi connectivity index (χ3v) is 4.97. The van der Waals surface area contributed by atoms with Crippen LogP contribution in [0.4, 0.5) is 0 Å². The van der Waals surface area contributed by atoms with Gasteiger partial charge < -0.3 is 10.2 Å². The number of carbonyl (C=O) groups is 1. The molecule has 1 heterocycles. The number of rotatable bonds is 3. The average Bonchev–Trinajstić information content (AvgIpc) is 2.42. The van der Waals surface area contributed by atoms with Gasteiger partial charge >= 0.3 is 0 Å². The number of amides is 1. The number of likely N-dealkylation sites (N-methyl/N-ethyl adjacent to an activating group) is 2. The summed E-state index contributed by atoms with van der Waals surface area (Å²) in [5.41, 5.74) is 1.78. The van der Waals surface area contributed by atoms with Crippen molar-refractivity contribution in [2.75, 3.05) is 40.3 Å². The standard InChI is InChI=1S/C15H22BrN3O/c1-11-5-4-6-13(14(11)16)15(20)17-9-12-10-18(2)7-8-19(12)3/h4-6,12H,7-10H2,1-3H3,(H,17,20). The fourth-order valence-corrected chi connectivity index (χ4v) is 2.89. The Balaban J connectivity index is 1.96. The summed E-state index contributed by atoms with van der Waals surface area (Å²) in [7, 11) is 4.24. The van der Waals surface area contributed by atoms with Gasteiger partial charge in [-0.1, -0.05) is 12.1 Å². The van der Waals surface area contributed by atoms with Crippen LogP contribution in [0.5, 0.6) is 0 Å². The largest absolute Gasteiger partial charge is 0.350 e. The predicted molar refractivity (Wildman–Crippen MR) is 85.1 cm³/mol. The quantitative estimate of drug-likeness (QED) is 0.910. The Morgan fingerprint density at radius 2 is 2.15 bits per heavy atom. The number of benzene rings is 1. The van der Waals surface area contributed by atoms with Crippen molar-refractivity contribution in [3.05, 3.63) is 33.8 Å². The van der Waals surface area contributed by atoms with Gasteiger partial charge in [0.15, 0.2) is 0 Å². The van der Waals surface area contributed by atoms with Gasteiger partial charge in [-0.3, -0.25) is 9.69 Å². The molecule has 1 aliphatic rings. The van der Waals surface area contributed by atoms with Crippen molar-refractivity contribution < 1.29 is 4.79 Å². The SMILES string of the molecule is Cc1cccc(C(=O)NCC2CN(C)CCN2C)c1Br. The van der Waals surface area contributed by atoms with E-state index in [0.717, 1.165) is 29.7 Å². The maximum atomic E-state index is 12.3. The van der Waals surface area contributed by atoms with Crippen molar-refractivity contribution in [3.63, 3.8) is 0 Å². The maximum Gasteiger partial charge on any atom is 0.252 e. The van der Waals surface area contributed by atoms with Gasteiger partial charge in [-0.2, -0.15) is 0 Å². The van der Waals surface area contributed by atoms with Crippen LogP contribution in [0.15, 0.2) is 22.7 Å². The fraction of sp³-hybridized carbons (Fsp3) is 0.533. The molecule has 1 aromatic carbocycles. The zero-order chi connectivity index (χ0) is 14.7. The number of nitrogens with zero attached hydrogens (tertiary/aromatic N) is 2. The van der Waals surface area contributed by atoms with E-state index in [9.17, 15) is 4.79 Å². The van der Waals surface area contributed by atoms with Crippen LogP contribution in [-0.4, -0.2) is 62.0 Å². The van der Waals surface area contributed by atoms with Gasteiger partial charge in [0.1, 0.15) is 0 Å². The number of nitrogens with one attached hydrogen (secondary N) is 1. The van der Waals surface area contributed by atoms with Crippen LogP contribution in [-0.2, 0) is 0 Å². The van der Waals surface area contributed by atoms with Crippen LogP contribution in [0.2, 0.25) is 0 Å². The first-order valence-corrected chi connectivity index (χ1v) is 7.70. The van der Waals surface area contributed by atoms with Crippen LogP contribution < -0.4 is 5.32 Å². The van der Waals surface area contributed by atoms with Crippen molar-refractivity contribution in [1.29, 1.82) is 0 Å². The lowest BCUT2D eigenvalue weighted by Crippen LogP contribution is -2.54. The molecule has 20 heavy (non-hydrogen) atoms. The molecule has 1 saturated heterocycles. The van der Waals surface area contributed by atoms with Gasteiger partial charge in [0.2, 0.25) is 0 Å². The molecule has 1 amide bonds. The first-order chi connectivity index (χ1) is 9.49. The minimum absolute atomic E-state index is 0.0119. The summed E-state index contributed by atoms with van der Waals surface area (Å²) in [6.45, 7) is 5.80. The first-order valence-electron chi connectivity index (χ1n) is 6.91. The fourth-order valence-electron chi connectivity index (χ4n) is 2.45. The second-order valence-corrected chi connectivity index (χ2v) is 6.34. The highest BCUT2D eigenvalue weighted by molar-refractivity contribution is 9.10. The van der Waals surface area contributed by atoms with Crippen molar-refractivity contribution >= 4 is 21.8 Å². The molecule has 0 saturated carbocycles. The van der Waals surface area contributed by atoms with Crippen LogP contribution in [0.25, 0.3) is 0 Å². The summed E-state index contributed by atoms with van der Waals surface area (Å²) in [6, 6.07) is 6.13. The summed E-state index contributed by atoms with van der Waals surface area (Å²) in [5, 5.41) is 3.05. The zero-order valence-corrected chi connectivity index (χ0v) is 13.9. The third-order valence-electron chi connectivity index (χ3n) is 3.91. The summed E-state index contributed by atoms with van der Waals surface area (Å²) in [6.07, 6.45) is 0. The molecule has 4 nitrogen and oxygen atoms in total. The number of aryl methyl sites for hydroxylation is 1. The van der Waals surface area contributed by atoms with Gasteiger partial charge in [0.25, 0.3) is 5.91 Å². The Morgan fingerprint density at radius 3 is 2.90 bits per heavy atom. The predicted octanol–water partition coefficient (Wildman–Crippen LogP) is 1.73. The molecule has 110 valence electrons. The molecule has 2 rings (SSSR count). The van der Waals surface area contributed by atoms with E-state index < -0.39 is 0 Å². The number of piperazine rings is 1. The lowest BCUT2D eigenvalue weighted by Gasteiger charge is -2.37. The van der Waals surface area contributed by atoms with Crippen molar-refractivity contribution in [3.8, 4) is 0 Å². The molecule has 0 bridgehead atoms. The second-order valence-electron chi connectivity index (χ2n) is 5.54. The average molecular weight is 340 g/mol. The smallest absolute Gasteiger partial charge is 0.252 e. The van der Waals surface area contributed by atoms with Crippen LogP contribution in [0.1, 0.15) is 15.9 Å². The molecule has 1 aliphatic heterocycles. The number of halogens is 1. The van der Waals surface area contributed by atoms with E-state index in [-0.39, 0.29) is 5.91 Å². The lowest BCUT2D eigenvalue weighted by atomic mass is 10.1. The molecule has 0 aromatic heterocycles. The van der Waals surface area contributed by atoms with E-state index in [0.29, 0.717) is 18.2 Å². The molecular weight excluding hydrogens is 318 g/mol. The third kappa shape index (κ3) is 3.59. The van der Waals surface area contributed by atoms with Crippen molar-refractivity contribution in [2.24, 2.45) is 0 Å². The molecule has 1 fully saturated rings. The molecule has 1 atom stereocenters. The Bertz CT molecular complexity index is 492. The minimum Gasteiger partial charge on any atom is -0.350 e. The summed E-state index contributed by atoms with van der Waals surface area (Å²) in [5.74, 6) is -0.0119. The van der Waals surface area contributed by atoms with Gasteiger partial charge in [0, 0.05) is 36.7 Å². The summed E-state index contributed by atoms with van der Waals surface area (Å²) in [4.78, 5) is 16.9. The number of carbonyl (C=O) groups excluding carboxylic acids is 1. The van der Waals surface area contributed by atoms with E-state index >= 15 is 0 Å². The van der Waals surface area contributed by atoms with E-state index in [2.05, 4.69) is 45.1 Å². The van der Waals surface area contributed by atoms with E-state index in [1.807, 2.05) is 25.1 Å². The van der Waals surface area contributed by atoms with Gasteiger partial charge in [-0.05, 0) is 48.6 Å². The molecule has 1 N–H and O–H groups in total. The van der Waals surface area contributed by atoms with Crippen molar-refractivity contribution in [2.45, 2.75) is 13.0 Å². The molecule has 0 spiro atoms. The Morgan fingerprint density at radius 1 is 1.40 bits per heavy atom. The molecule has 1 aromatic rings. The summed E-state index contributed by atoms with van der Waals surface area (Å²) < 4.78 is 0.881. The lowest BCUT2D eigenvalue weighted by molar-refractivity contribution is 0.0880. The maximum absolute atomic E-state index is 12.3. The molecule has 5 heteroatoms. The van der Waals surface area contributed by atoms with Gasteiger partial charge in [-0.25, -0.2) is 0 Å². The van der Waals surface area contributed by atoms with Gasteiger partial charge in [-0.15, -0.1) is 0 Å². The summed E-state index contributed by atoms with van der Waals surface area (Å²) >= 11 is 3.49. The highest BCUT2D eigenvalue weighted by atomic mass is 79.9. The zero-order valence-electron chi connectivity index (χ0n) is 12.3. The van der Waals surface area contributed by atoms with E-state index in [1.165, 1.54) is 0 Å². The van der Waals surface area contributed by atoms with Crippen LogP contribution in [0.3, 0.4) is 0 Å². The normalized spacial score (nSPS) is 20.9. The highest BCUT2D eigenvalue weighted by Gasteiger charge is 2.23. The van der Waals surface area contributed by atoms with E-state index in [1.54, 1.807) is 0 Å². The van der Waals surface area contributed by atoms with E-state index in [4.69, 9.17) is 0 Å². The van der Waals surface area contributed by atoms with Crippen LogP contribution in [0, 0.1) is 6.92 Å². The highest BCUT2D eigenvalue weighted by Crippen LogP contribution is 2.20. The molecular formula is C15H22BrN3O. The number of hydrogen-bond donors (Lipinski definition) is 1. The Hall–Kier alpha value is -0.910. The Labute approximate surface area is 129 Å². The molecule has 0 radical (unpaired) electrons. The van der Waals surface area contributed by atoms with Crippen LogP contribution >= 0.6 is 15.9 Å². The number of hydrogen-bond acceptors (Lipinski definition) is 3. The minimum atomic E-state index is -0.0119. The van der Waals surface area contributed by atoms with Gasteiger partial charge in [0.05, 0.1) is 5.56 Å². The van der Waals surface area contributed by atoms with Crippen molar-refractivity contribution in [1.82, 2.24) is 15.1 Å². The first kappa shape index (κ1) is 15.5. The molecule has 1 unspecified atom stereocenters. The Kier molecular flexibility index (Phi) is 5.18. The second kappa shape index (κ2) is 6.70.